The number of benzene rings is 2. The predicted molar refractivity (Wildman–Crippen MR) is 120 cm³/mol. The highest BCUT2D eigenvalue weighted by molar-refractivity contribution is 6.06. The lowest BCUT2D eigenvalue weighted by Gasteiger charge is -2.27. The van der Waals surface area contributed by atoms with Crippen molar-refractivity contribution in [3.05, 3.63) is 59.0 Å². The average Bonchev–Trinajstić information content (AvgIpc) is 3.25. The molecule has 1 aliphatic rings. The molecule has 1 saturated heterocycles. The Morgan fingerprint density at radius 1 is 1.16 bits per heavy atom. The van der Waals surface area contributed by atoms with Crippen molar-refractivity contribution in [1.29, 1.82) is 0 Å². The molecular formula is C23H24FN5O3. The van der Waals surface area contributed by atoms with Crippen molar-refractivity contribution in [2.45, 2.75) is 0 Å². The molecule has 2 aromatic carbocycles. The van der Waals surface area contributed by atoms with E-state index in [0.29, 0.717) is 41.0 Å². The maximum atomic E-state index is 13.1. The van der Waals surface area contributed by atoms with Gasteiger partial charge < -0.3 is 20.3 Å². The highest BCUT2D eigenvalue weighted by Crippen LogP contribution is 2.32. The molecule has 1 aromatic heterocycles. The molecule has 4 rings (SSSR count). The monoisotopic (exact) mass is 437 g/mol. The van der Waals surface area contributed by atoms with Crippen LogP contribution in [0, 0.1) is 5.82 Å². The second-order valence-electron chi connectivity index (χ2n) is 7.38. The van der Waals surface area contributed by atoms with Gasteiger partial charge in [-0.15, -0.1) is 0 Å². The number of methoxy groups -OCH3 is 1. The number of carbonyl (C=O) groups is 2. The van der Waals surface area contributed by atoms with Crippen LogP contribution in [0.1, 0.15) is 21.6 Å². The molecule has 0 spiro atoms. The van der Waals surface area contributed by atoms with Crippen LogP contribution in [0.25, 0.3) is 23.1 Å². The van der Waals surface area contributed by atoms with Crippen LogP contribution in [0.2, 0.25) is 0 Å². The van der Waals surface area contributed by atoms with Crippen LogP contribution >= 0.6 is 0 Å². The van der Waals surface area contributed by atoms with E-state index in [1.54, 1.807) is 41.3 Å². The Balaban J connectivity index is 1.55. The Bertz CT molecular complexity index is 1150. The third-order valence-electron chi connectivity index (χ3n) is 5.33. The quantitative estimate of drug-likeness (QED) is 0.548. The average molecular weight is 437 g/mol. The number of carbonyl (C=O) groups excluding carboxylic acids is 2. The molecule has 1 fully saturated rings. The third-order valence-corrected chi connectivity index (χ3v) is 5.33. The maximum absolute atomic E-state index is 13.1. The third kappa shape index (κ3) is 4.62. The second-order valence-corrected chi connectivity index (χ2v) is 7.38. The van der Waals surface area contributed by atoms with Gasteiger partial charge in [0.15, 0.2) is 0 Å². The minimum atomic E-state index is -0.401. The number of H-pyrrole nitrogens is 1. The van der Waals surface area contributed by atoms with Gasteiger partial charge in [0.2, 0.25) is 5.91 Å². The molecule has 166 valence electrons. The molecule has 0 aliphatic carbocycles. The topological polar surface area (TPSA) is 99.4 Å². The summed E-state index contributed by atoms with van der Waals surface area (Å²) in [5, 5.41) is 13.8. The van der Waals surface area contributed by atoms with Crippen LogP contribution in [-0.2, 0) is 4.79 Å². The van der Waals surface area contributed by atoms with Crippen LogP contribution in [0.3, 0.4) is 0 Å². The Kier molecular flexibility index (Phi) is 6.46. The first kappa shape index (κ1) is 21.5. The van der Waals surface area contributed by atoms with E-state index in [1.165, 1.54) is 19.2 Å². The molecule has 2 amide bonds. The Morgan fingerprint density at radius 3 is 2.62 bits per heavy atom. The van der Waals surface area contributed by atoms with E-state index in [4.69, 9.17) is 4.74 Å². The fourth-order valence-corrected chi connectivity index (χ4v) is 3.64. The number of aromatic nitrogens is 2. The lowest BCUT2D eigenvalue weighted by Crippen LogP contribution is -2.49. The van der Waals surface area contributed by atoms with Gasteiger partial charge in [-0.2, -0.15) is 5.10 Å². The van der Waals surface area contributed by atoms with Gasteiger partial charge in [0, 0.05) is 26.2 Å². The van der Waals surface area contributed by atoms with Crippen molar-refractivity contribution in [3.63, 3.8) is 0 Å². The molecule has 3 aromatic rings. The molecule has 0 unspecified atom stereocenters. The molecule has 0 saturated carbocycles. The number of fused-ring (bicyclic) bond motifs is 1. The number of nitrogens with zero attached hydrogens (tertiary/aromatic N) is 2. The van der Waals surface area contributed by atoms with Crippen LogP contribution in [0.15, 0.2) is 36.4 Å². The molecule has 3 N–H and O–H groups in total. The van der Waals surface area contributed by atoms with E-state index >= 15 is 0 Å². The van der Waals surface area contributed by atoms with Crippen molar-refractivity contribution in [2.24, 2.45) is 0 Å². The summed E-state index contributed by atoms with van der Waals surface area (Å²) in [7, 11) is 1.48. The zero-order valence-corrected chi connectivity index (χ0v) is 17.7. The SMILES string of the molecule is COc1c(C(=O)NCC(=O)N2CCNCC2)ccc2[nH]nc(/C=C/c3ccc(F)cc3)c12. The highest BCUT2D eigenvalue weighted by Gasteiger charge is 2.21. The van der Waals surface area contributed by atoms with Crippen molar-refractivity contribution in [3.8, 4) is 5.75 Å². The summed E-state index contributed by atoms with van der Waals surface area (Å²) in [5.41, 5.74) is 2.40. The first-order valence-corrected chi connectivity index (χ1v) is 10.3. The molecule has 8 nitrogen and oxygen atoms in total. The lowest BCUT2D eigenvalue weighted by molar-refractivity contribution is -0.130. The second kappa shape index (κ2) is 9.61. The van der Waals surface area contributed by atoms with Gasteiger partial charge in [0.05, 0.1) is 35.8 Å². The van der Waals surface area contributed by atoms with Gasteiger partial charge in [-0.3, -0.25) is 14.7 Å². The highest BCUT2D eigenvalue weighted by atomic mass is 19.1. The molecule has 0 radical (unpaired) electrons. The standard InChI is InChI=1S/C23H24FN5O3/c1-32-22-17(23(31)26-14-20(30)29-12-10-25-11-13-29)7-9-19-21(22)18(27-28-19)8-4-15-2-5-16(24)6-3-15/h2-9,25H,10-14H2,1H3,(H,26,31)(H,27,28)/b8-4+. The van der Waals surface area contributed by atoms with Gasteiger partial charge in [-0.25, -0.2) is 4.39 Å². The van der Waals surface area contributed by atoms with Crippen LogP contribution in [0.4, 0.5) is 4.39 Å². The number of hydrogen-bond donors (Lipinski definition) is 3. The number of rotatable bonds is 6. The Hall–Kier alpha value is -3.72. The van der Waals surface area contributed by atoms with E-state index in [1.807, 2.05) is 0 Å². The zero-order chi connectivity index (χ0) is 22.5. The molecule has 9 heteroatoms. The van der Waals surface area contributed by atoms with Crippen LogP contribution in [-0.4, -0.2) is 66.7 Å². The van der Waals surface area contributed by atoms with Gasteiger partial charge in [-0.05, 0) is 35.9 Å². The number of hydrogen-bond acceptors (Lipinski definition) is 5. The lowest BCUT2D eigenvalue weighted by atomic mass is 10.1. The summed E-state index contributed by atoms with van der Waals surface area (Å²) < 4.78 is 18.7. The number of aromatic amines is 1. The summed E-state index contributed by atoms with van der Waals surface area (Å²) in [6.07, 6.45) is 3.57. The summed E-state index contributed by atoms with van der Waals surface area (Å²) in [4.78, 5) is 26.9. The zero-order valence-electron chi connectivity index (χ0n) is 17.7. The summed E-state index contributed by atoms with van der Waals surface area (Å²) in [6, 6.07) is 9.46. The van der Waals surface area contributed by atoms with Crippen molar-refractivity contribution >= 4 is 34.9 Å². The minimum absolute atomic E-state index is 0.0806. The van der Waals surface area contributed by atoms with E-state index in [0.717, 1.165) is 18.7 Å². The van der Waals surface area contributed by atoms with Crippen LogP contribution < -0.4 is 15.4 Å². The molecular weight excluding hydrogens is 413 g/mol. The minimum Gasteiger partial charge on any atom is -0.495 e. The number of ether oxygens (including phenoxy) is 1. The molecule has 32 heavy (non-hydrogen) atoms. The van der Waals surface area contributed by atoms with E-state index < -0.39 is 5.91 Å². The van der Waals surface area contributed by atoms with E-state index in [-0.39, 0.29) is 18.3 Å². The van der Waals surface area contributed by atoms with E-state index in [9.17, 15) is 14.0 Å². The summed E-state index contributed by atoms with van der Waals surface area (Å²) in [6.45, 7) is 2.67. The Labute approximate surface area is 184 Å². The molecule has 0 bridgehead atoms. The van der Waals surface area contributed by atoms with Crippen molar-refractivity contribution in [1.82, 2.24) is 25.7 Å². The van der Waals surface area contributed by atoms with Gasteiger partial charge in [0.25, 0.3) is 5.91 Å². The smallest absolute Gasteiger partial charge is 0.255 e. The summed E-state index contributed by atoms with van der Waals surface area (Å²) >= 11 is 0. The normalized spacial score (nSPS) is 14.1. The maximum Gasteiger partial charge on any atom is 0.255 e. The predicted octanol–water partition coefficient (Wildman–Crippen LogP) is 2.04. The Morgan fingerprint density at radius 2 is 1.91 bits per heavy atom. The number of halogens is 1. The molecule has 2 heterocycles. The number of piperazine rings is 1. The first-order valence-electron chi connectivity index (χ1n) is 10.3. The van der Waals surface area contributed by atoms with Gasteiger partial charge in [0.1, 0.15) is 11.6 Å². The molecule has 0 atom stereocenters. The van der Waals surface area contributed by atoms with Crippen LogP contribution in [0.5, 0.6) is 5.75 Å². The fourth-order valence-electron chi connectivity index (χ4n) is 3.64. The number of amides is 2. The van der Waals surface area contributed by atoms with E-state index in [2.05, 4.69) is 20.8 Å². The summed E-state index contributed by atoms with van der Waals surface area (Å²) in [5.74, 6) is -0.463. The first-order chi connectivity index (χ1) is 15.6. The fraction of sp³-hybridized carbons (Fsp3) is 0.261. The molecule has 1 aliphatic heterocycles. The van der Waals surface area contributed by atoms with Gasteiger partial charge in [-0.1, -0.05) is 18.2 Å². The largest absolute Gasteiger partial charge is 0.495 e. The van der Waals surface area contributed by atoms with Gasteiger partial charge >= 0.3 is 0 Å². The van der Waals surface area contributed by atoms with Crippen molar-refractivity contribution < 1.29 is 18.7 Å². The van der Waals surface area contributed by atoms with Crippen molar-refractivity contribution in [2.75, 3.05) is 39.8 Å². The number of nitrogens with one attached hydrogen (secondary N) is 3.